The van der Waals surface area contributed by atoms with Crippen molar-refractivity contribution in [2.75, 3.05) is 12.0 Å². The molecule has 1 aromatic carbocycles. The number of halogens is 1. The summed E-state index contributed by atoms with van der Waals surface area (Å²) in [5.74, 6) is 5.00. The minimum Gasteiger partial charge on any atom is -0.352 e. The van der Waals surface area contributed by atoms with Crippen LogP contribution in [0.2, 0.25) is 0 Å². The van der Waals surface area contributed by atoms with Gasteiger partial charge in [-0.25, -0.2) is 4.39 Å². The first kappa shape index (κ1) is 13.9. The second-order valence-electron chi connectivity index (χ2n) is 4.17. The zero-order valence-electron chi connectivity index (χ0n) is 10.9. The van der Waals surface area contributed by atoms with Crippen molar-refractivity contribution in [3.63, 3.8) is 0 Å². The average Bonchev–Trinajstić information content (AvgIpc) is 2.84. The van der Waals surface area contributed by atoms with Gasteiger partial charge in [0.2, 0.25) is 0 Å². The third-order valence-electron chi connectivity index (χ3n) is 2.84. The van der Waals surface area contributed by atoms with Crippen LogP contribution in [0.3, 0.4) is 0 Å². The van der Waals surface area contributed by atoms with Gasteiger partial charge in [-0.3, -0.25) is 10.6 Å². The maximum atomic E-state index is 13.5. The van der Waals surface area contributed by atoms with Crippen LogP contribution in [0.1, 0.15) is 16.2 Å². The number of hydrogen-bond acceptors (Lipinski definition) is 5. The van der Waals surface area contributed by atoms with Crippen molar-refractivity contribution in [2.45, 2.75) is 6.42 Å². The van der Waals surface area contributed by atoms with Gasteiger partial charge in [0, 0.05) is 20.0 Å². The Labute approximate surface area is 115 Å². The lowest BCUT2D eigenvalue weighted by molar-refractivity contribution is 0.0954. The molecule has 2 rings (SSSR count). The highest BCUT2D eigenvalue weighted by Crippen LogP contribution is 2.18. The fourth-order valence-electron chi connectivity index (χ4n) is 1.78. The number of anilines is 1. The summed E-state index contributed by atoms with van der Waals surface area (Å²) in [7, 11) is 1.82. The van der Waals surface area contributed by atoms with E-state index in [1.165, 1.54) is 18.2 Å². The molecule has 20 heavy (non-hydrogen) atoms. The molecule has 2 aromatic rings. The molecule has 1 aromatic heterocycles. The van der Waals surface area contributed by atoms with E-state index in [2.05, 4.69) is 20.9 Å². The monoisotopic (exact) mass is 278 g/mol. The first-order chi connectivity index (χ1) is 9.63. The van der Waals surface area contributed by atoms with E-state index in [0.29, 0.717) is 13.0 Å². The van der Waals surface area contributed by atoms with Crippen molar-refractivity contribution < 1.29 is 9.18 Å². The van der Waals surface area contributed by atoms with Gasteiger partial charge < -0.3 is 15.3 Å². The number of nitrogens with zero attached hydrogens (tertiary/aromatic N) is 3. The number of para-hydroxylation sites is 1. The Morgan fingerprint density at radius 2 is 2.30 bits per heavy atom. The molecule has 0 atom stereocenters. The second-order valence-corrected chi connectivity index (χ2v) is 4.17. The molecule has 0 aliphatic rings. The van der Waals surface area contributed by atoms with Crippen molar-refractivity contribution in [2.24, 2.45) is 12.9 Å². The Hall–Kier alpha value is -2.48. The number of aromatic nitrogens is 3. The summed E-state index contributed by atoms with van der Waals surface area (Å²) in [6, 6.07) is 4.18. The van der Waals surface area contributed by atoms with E-state index < -0.39 is 11.7 Å². The number of carbonyl (C=O) groups excluding carboxylic acids is 1. The van der Waals surface area contributed by atoms with Gasteiger partial charge in [-0.1, -0.05) is 6.07 Å². The molecule has 1 heterocycles. The van der Waals surface area contributed by atoms with Gasteiger partial charge in [0.1, 0.15) is 18.0 Å². The molecule has 0 fully saturated rings. The van der Waals surface area contributed by atoms with Crippen LogP contribution in [-0.2, 0) is 13.5 Å². The number of benzene rings is 1. The summed E-state index contributed by atoms with van der Waals surface area (Å²) >= 11 is 0. The first-order valence-corrected chi connectivity index (χ1v) is 5.99. The number of nitrogens with one attached hydrogen (secondary N) is 2. The maximum absolute atomic E-state index is 13.5. The number of carbonyl (C=O) groups is 1. The second kappa shape index (κ2) is 6.11. The fourth-order valence-corrected chi connectivity index (χ4v) is 1.78. The SMILES string of the molecule is Cn1cnnc1CCNC(=O)c1cccc(F)c1NN. The van der Waals surface area contributed by atoms with Crippen LogP contribution < -0.4 is 16.6 Å². The molecule has 0 spiro atoms. The van der Waals surface area contributed by atoms with Crippen LogP contribution in [0.5, 0.6) is 0 Å². The zero-order chi connectivity index (χ0) is 14.5. The molecule has 0 saturated carbocycles. The molecule has 0 aliphatic heterocycles. The number of hydrazine groups is 1. The molecule has 0 saturated heterocycles. The van der Waals surface area contributed by atoms with Crippen LogP contribution >= 0.6 is 0 Å². The molecule has 4 N–H and O–H groups in total. The highest BCUT2D eigenvalue weighted by Gasteiger charge is 2.14. The van der Waals surface area contributed by atoms with Gasteiger partial charge in [-0.2, -0.15) is 0 Å². The summed E-state index contributed by atoms with van der Waals surface area (Å²) < 4.78 is 15.2. The minimum absolute atomic E-state index is 0.0244. The third-order valence-corrected chi connectivity index (χ3v) is 2.84. The van der Waals surface area contributed by atoms with Crippen LogP contribution in [0.25, 0.3) is 0 Å². The normalized spacial score (nSPS) is 10.3. The van der Waals surface area contributed by atoms with E-state index >= 15 is 0 Å². The van der Waals surface area contributed by atoms with Gasteiger partial charge >= 0.3 is 0 Å². The molecule has 7 nitrogen and oxygen atoms in total. The van der Waals surface area contributed by atoms with Crippen LogP contribution in [0.4, 0.5) is 10.1 Å². The molecule has 1 amide bonds. The minimum atomic E-state index is -0.576. The summed E-state index contributed by atoms with van der Waals surface area (Å²) in [6.45, 7) is 0.367. The van der Waals surface area contributed by atoms with E-state index in [4.69, 9.17) is 5.84 Å². The summed E-state index contributed by atoms with van der Waals surface area (Å²) in [5, 5.41) is 10.3. The van der Waals surface area contributed by atoms with Gasteiger partial charge in [0.25, 0.3) is 5.91 Å². The standard InChI is InChI=1S/C12H15FN6O/c1-19-7-16-18-10(19)5-6-15-12(20)8-3-2-4-9(13)11(8)17-14/h2-4,7,17H,5-6,14H2,1H3,(H,15,20). The summed E-state index contributed by atoms with van der Waals surface area (Å²) in [5.41, 5.74) is 2.33. The molecule has 0 aliphatic carbocycles. The van der Waals surface area contributed by atoms with Crippen molar-refractivity contribution in [1.29, 1.82) is 0 Å². The Balaban J connectivity index is 1.99. The van der Waals surface area contributed by atoms with Gasteiger partial charge in [0.05, 0.1) is 11.3 Å². The molecular formula is C12H15FN6O. The van der Waals surface area contributed by atoms with Gasteiger partial charge in [-0.05, 0) is 12.1 Å². The number of rotatable bonds is 5. The fraction of sp³-hybridized carbons (Fsp3) is 0.250. The molecule has 0 radical (unpaired) electrons. The lowest BCUT2D eigenvalue weighted by atomic mass is 10.1. The Kier molecular flexibility index (Phi) is 4.26. The number of hydrogen-bond donors (Lipinski definition) is 3. The Bertz CT molecular complexity index is 612. The van der Waals surface area contributed by atoms with Gasteiger partial charge in [-0.15, -0.1) is 10.2 Å². The number of aryl methyl sites for hydroxylation is 1. The van der Waals surface area contributed by atoms with Crippen LogP contribution in [0, 0.1) is 5.82 Å². The predicted octanol–water partition coefficient (Wildman–Crippen LogP) is 0.212. The molecule has 0 unspecified atom stereocenters. The predicted molar refractivity (Wildman–Crippen MR) is 71.3 cm³/mol. The van der Waals surface area contributed by atoms with Crippen molar-refractivity contribution >= 4 is 11.6 Å². The number of amides is 1. The van der Waals surface area contributed by atoms with E-state index in [1.807, 2.05) is 7.05 Å². The lowest BCUT2D eigenvalue weighted by Crippen LogP contribution is -2.28. The largest absolute Gasteiger partial charge is 0.352 e. The topological polar surface area (TPSA) is 97.9 Å². The molecule has 8 heteroatoms. The van der Waals surface area contributed by atoms with E-state index in [-0.39, 0.29) is 11.3 Å². The summed E-state index contributed by atoms with van der Waals surface area (Å²) in [4.78, 5) is 12.0. The van der Waals surface area contributed by atoms with Crippen molar-refractivity contribution in [3.8, 4) is 0 Å². The third kappa shape index (κ3) is 2.91. The number of nitrogens with two attached hydrogens (primary N) is 1. The molecular weight excluding hydrogens is 263 g/mol. The van der Waals surface area contributed by atoms with Crippen molar-refractivity contribution in [3.05, 3.63) is 41.7 Å². The molecule has 106 valence electrons. The van der Waals surface area contributed by atoms with Crippen LogP contribution in [0.15, 0.2) is 24.5 Å². The average molecular weight is 278 g/mol. The highest BCUT2D eigenvalue weighted by atomic mass is 19.1. The van der Waals surface area contributed by atoms with E-state index in [9.17, 15) is 9.18 Å². The summed E-state index contributed by atoms with van der Waals surface area (Å²) in [6.07, 6.45) is 2.11. The van der Waals surface area contributed by atoms with E-state index in [1.54, 1.807) is 10.9 Å². The smallest absolute Gasteiger partial charge is 0.253 e. The van der Waals surface area contributed by atoms with E-state index in [0.717, 1.165) is 5.82 Å². The van der Waals surface area contributed by atoms with Crippen LogP contribution in [-0.4, -0.2) is 27.2 Å². The maximum Gasteiger partial charge on any atom is 0.253 e. The Morgan fingerprint density at radius 3 is 2.95 bits per heavy atom. The Morgan fingerprint density at radius 1 is 1.50 bits per heavy atom. The molecule has 0 bridgehead atoms. The lowest BCUT2D eigenvalue weighted by Gasteiger charge is -2.10. The first-order valence-electron chi connectivity index (χ1n) is 5.99. The highest BCUT2D eigenvalue weighted by molar-refractivity contribution is 5.99. The number of nitrogen functional groups attached to an aromatic ring is 1. The zero-order valence-corrected chi connectivity index (χ0v) is 10.9. The quantitative estimate of drug-likeness (QED) is 0.536. The van der Waals surface area contributed by atoms with Gasteiger partial charge in [0.15, 0.2) is 0 Å². The van der Waals surface area contributed by atoms with Crippen molar-refractivity contribution in [1.82, 2.24) is 20.1 Å².